The summed E-state index contributed by atoms with van der Waals surface area (Å²) in [5, 5.41) is 23.0. The first-order valence-electron chi connectivity index (χ1n) is 15.3. The normalized spacial score (nSPS) is 16.7. The van der Waals surface area contributed by atoms with E-state index in [4.69, 9.17) is 4.99 Å². The Morgan fingerprint density at radius 3 is 2.04 bits per heavy atom. The minimum Gasteiger partial charge on any atom is -0.506 e. The maximum atomic E-state index is 15.0. The number of phenolic OH excluding ortho intramolecular Hbond substituents is 1. The van der Waals surface area contributed by atoms with E-state index in [1.807, 2.05) is 105 Å². The number of rotatable bonds is 9. The van der Waals surface area contributed by atoms with Crippen molar-refractivity contribution in [2.24, 2.45) is 4.99 Å². The van der Waals surface area contributed by atoms with E-state index in [2.05, 4.69) is 15.9 Å². The van der Waals surface area contributed by atoms with Gasteiger partial charge in [0.25, 0.3) is 15.7 Å². The molecule has 244 valence electrons. The number of aliphatic imine (C=N–C) groups is 1. The van der Waals surface area contributed by atoms with Gasteiger partial charge in [0.05, 0.1) is 32.9 Å². The maximum absolute atomic E-state index is 15.0. The molecule has 0 fully saturated rings. The summed E-state index contributed by atoms with van der Waals surface area (Å²) in [7, 11) is -4.25. The van der Waals surface area contributed by atoms with Crippen LogP contribution in [0.2, 0.25) is 0 Å². The summed E-state index contributed by atoms with van der Waals surface area (Å²) in [5.74, 6) is -0.0340. The number of sulfonamides is 1. The van der Waals surface area contributed by atoms with Gasteiger partial charge in [0.15, 0.2) is 0 Å². The molecule has 48 heavy (non-hydrogen) atoms. The maximum Gasteiger partial charge on any atom is 0.271 e. The first-order chi connectivity index (χ1) is 23.1. The first kappa shape index (κ1) is 32.9. The van der Waals surface area contributed by atoms with Crippen LogP contribution in [0.25, 0.3) is 0 Å². The van der Waals surface area contributed by atoms with Crippen LogP contribution in [0.5, 0.6) is 5.75 Å². The molecule has 1 aliphatic rings. The summed E-state index contributed by atoms with van der Waals surface area (Å²) in [6.07, 6.45) is 0. The molecule has 0 saturated heterocycles. The van der Waals surface area contributed by atoms with Crippen LogP contribution in [-0.4, -0.2) is 33.6 Å². The Labute approximate surface area is 288 Å². The predicted octanol–water partition coefficient (Wildman–Crippen LogP) is 8.48. The Bertz CT molecular complexity index is 2060. The van der Waals surface area contributed by atoms with Gasteiger partial charge in [-0.2, -0.15) is 0 Å². The summed E-state index contributed by atoms with van der Waals surface area (Å²) in [6, 6.07) is 35.8. The second kappa shape index (κ2) is 13.6. The van der Waals surface area contributed by atoms with E-state index < -0.39 is 33.1 Å². The van der Waals surface area contributed by atoms with Crippen LogP contribution in [-0.2, 0) is 16.6 Å². The van der Waals surface area contributed by atoms with Crippen LogP contribution in [0.1, 0.15) is 52.9 Å². The van der Waals surface area contributed by atoms with Gasteiger partial charge >= 0.3 is 0 Å². The average Bonchev–Trinajstić information content (AvgIpc) is 3.51. The molecule has 5 aromatic carbocycles. The molecule has 0 radical (unpaired) electrons. The van der Waals surface area contributed by atoms with Gasteiger partial charge in [-0.15, -0.1) is 0 Å². The molecular formula is C37H33BrN4O5S. The number of non-ortho nitro benzene ring substituents is 1. The van der Waals surface area contributed by atoms with Crippen molar-refractivity contribution in [2.45, 2.75) is 43.4 Å². The van der Waals surface area contributed by atoms with Crippen molar-refractivity contribution >= 4 is 37.6 Å². The van der Waals surface area contributed by atoms with E-state index in [0.29, 0.717) is 0 Å². The summed E-state index contributed by atoms with van der Waals surface area (Å²) < 4.78 is 31.5. The Hall–Kier alpha value is -5.00. The monoisotopic (exact) mass is 724 g/mol. The molecule has 1 N–H and O–H groups in total. The summed E-state index contributed by atoms with van der Waals surface area (Å²) >= 11 is 3.27. The lowest BCUT2D eigenvalue weighted by Gasteiger charge is -2.37. The number of nitro groups is 1. The highest BCUT2D eigenvalue weighted by atomic mass is 79.9. The minimum absolute atomic E-state index is 0.0933. The fourth-order valence-corrected chi connectivity index (χ4v) is 8.10. The molecule has 1 aliphatic heterocycles. The highest BCUT2D eigenvalue weighted by Gasteiger charge is 2.48. The van der Waals surface area contributed by atoms with Gasteiger partial charge in [0.1, 0.15) is 11.8 Å². The number of hydrogen-bond donors (Lipinski definition) is 1. The third kappa shape index (κ3) is 6.43. The van der Waals surface area contributed by atoms with Crippen LogP contribution in [0.3, 0.4) is 0 Å². The SMILES string of the molecule is Cc1ccc(S(=O)(=O)N2C(N(Cc3cc([N+](=O)[O-])cc(Br)c3O)[C@@H](C)c3ccccc3)=N[C@@H](c3ccccc3)[C@@H]2c2ccccc2)cc1. The molecular weight excluding hydrogens is 692 g/mol. The second-order valence-electron chi connectivity index (χ2n) is 11.7. The van der Waals surface area contributed by atoms with Crippen molar-refractivity contribution in [3.63, 3.8) is 0 Å². The Kier molecular flexibility index (Phi) is 9.34. The smallest absolute Gasteiger partial charge is 0.271 e. The van der Waals surface area contributed by atoms with Gasteiger partial charge in [0.2, 0.25) is 5.96 Å². The molecule has 1 heterocycles. The Balaban J connectivity index is 1.62. The van der Waals surface area contributed by atoms with Crippen LogP contribution >= 0.6 is 15.9 Å². The van der Waals surface area contributed by atoms with E-state index in [-0.39, 0.29) is 38.9 Å². The predicted molar refractivity (Wildman–Crippen MR) is 189 cm³/mol. The fourth-order valence-electron chi connectivity index (χ4n) is 6.00. The van der Waals surface area contributed by atoms with Crippen LogP contribution in [0, 0.1) is 17.0 Å². The number of guanidine groups is 1. The van der Waals surface area contributed by atoms with E-state index in [0.717, 1.165) is 22.3 Å². The lowest BCUT2D eigenvalue weighted by molar-refractivity contribution is -0.385. The molecule has 0 bridgehead atoms. The van der Waals surface area contributed by atoms with Gasteiger partial charge in [-0.05, 0) is 58.6 Å². The summed E-state index contributed by atoms with van der Waals surface area (Å²) in [4.78, 5) is 18.4. The van der Waals surface area contributed by atoms with Crippen molar-refractivity contribution < 1.29 is 18.4 Å². The number of aryl methyl sites for hydroxylation is 1. The third-order valence-electron chi connectivity index (χ3n) is 8.55. The molecule has 0 spiro atoms. The zero-order valence-electron chi connectivity index (χ0n) is 26.2. The van der Waals surface area contributed by atoms with E-state index >= 15 is 0 Å². The standard InChI is InChI=1S/C37H33BrN4O5S/c1-25-18-20-32(21-19-25)48(46,47)41-35(29-16-10-5-11-17-29)34(28-14-8-4-9-15-28)39-37(41)40(26(2)27-12-6-3-7-13-27)24-30-22-31(42(44)45)23-33(38)36(30)43/h3-23,26,34-35,43H,24H2,1-2H3/t26-,34-,35-/m0/s1. The molecule has 0 unspecified atom stereocenters. The second-order valence-corrected chi connectivity index (χ2v) is 14.3. The Morgan fingerprint density at radius 1 is 0.896 bits per heavy atom. The van der Waals surface area contributed by atoms with Crippen LogP contribution in [0.15, 0.2) is 142 Å². The number of halogens is 1. The number of aromatic hydroxyl groups is 1. The molecule has 0 amide bonds. The zero-order chi connectivity index (χ0) is 34.0. The van der Waals surface area contributed by atoms with Crippen molar-refractivity contribution in [3.05, 3.63) is 170 Å². The van der Waals surface area contributed by atoms with Crippen molar-refractivity contribution in [1.82, 2.24) is 9.21 Å². The van der Waals surface area contributed by atoms with Crippen LogP contribution in [0.4, 0.5) is 5.69 Å². The molecule has 6 rings (SSSR count). The largest absolute Gasteiger partial charge is 0.506 e. The van der Waals surface area contributed by atoms with Crippen molar-refractivity contribution in [1.29, 1.82) is 0 Å². The van der Waals surface area contributed by atoms with E-state index in [9.17, 15) is 23.6 Å². The Morgan fingerprint density at radius 2 is 1.46 bits per heavy atom. The molecule has 0 aliphatic carbocycles. The molecule has 0 aromatic heterocycles. The summed E-state index contributed by atoms with van der Waals surface area (Å²) in [6.45, 7) is 3.72. The lowest BCUT2D eigenvalue weighted by atomic mass is 9.95. The molecule has 0 saturated carbocycles. The number of phenols is 1. The topological polar surface area (TPSA) is 116 Å². The van der Waals surface area contributed by atoms with Crippen molar-refractivity contribution in [3.8, 4) is 5.75 Å². The van der Waals surface area contributed by atoms with E-state index in [1.165, 1.54) is 16.4 Å². The fraction of sp³-hybridized carbons (Fsp3) is 0.162. The molecule has 9 nitrogen and oxygen atoms in total. The highest BCUT2D eigenvalue weighted by molar-refractivity contribution is 9.10. The lowest BCUT2D eigenvalue weighted by Crippen LogP contribution is -2.46. The average molecular weight is 726 g/mol. The molecule has 3 atom stereocenters. The molecule has 5 aromatic rings. The quantitative estimate of drug-likeness (QED) is 0.120. The minimum atomic E-state index is -4.25. The van der Waals surface area contributed by atoms with Gasteiger partial charge < -0.3 is 10.0 Å². The number of hydrogen-bond acceptors (Lipinski definition) is 7. The number of benzene rings is 5. The first-order valence-corrected chi connectivity index (χ1v) is 17.6. The molecule has 11 heteroatoms. The van der Waals surface area contributed by atoms with Crippen molar-refractivity contribution in [2.75, 3.05) is 0 Å². The summed E-state index contributed by atoms with van der Waals surface area (Å²) in [5.41, 5.74) is 3.35. The number of nitrogens with zero attached hydrogens (tertiary/aromatic N) is 4. The zero-order valence-corrected chi connectivity index (χ0v) is 28.6. The third-order valence-corrected chi connectivity index (χ3v) is 10.9. The van der Waals surface area contributed by atoms with Gasteiger partial charge in [-0.25, -0.2) is 17.7 Å². The van der Waals surface area contributed by atoms with Crippen LogP contribution < -0.4 is 0 Å². The van der Waals surface area contributed by atoms with Gasteiger partial charge in [-0.3, -0.25) is 10.1 Å². The van der Waals surface area contributed by atoms with E-state index in [1.54, 1.807) is 29.2 Å². The van der Waals surface area contributed by atoms with Gasteiger partial charge in [-0.1, -0.05) is 109 Å². The number of nitro benzene ring substituents is 1. The van der Waals surface area contributed by atoms with Gasteiger partial charge in [0, 0.05) is 17.7 Å². The highest BCUT2D eigenvalue weighted by Crippen LogP contribution is 2.47.